The second-order valence-electron chi connectivity index (χ2n) is 16.0. The molecule has 0 N–H and O–H groups in total. The number of benzene rings is 9. The van der Waals surface area contributed by atoms with Gasteiger partial charge in [0.15, 0.2) is 0 Å². The van der Waals surface area contributed by atoms with Crippen LogP contribution >= 0.6 is 0 Å². The molecule has 0 spiro atoms. The van der Waals surface area contributed by atoms with Gasteiger partial charge in [0.05, 0.1) is 22.1 Å². The number of aromatic nitrogens is 2. The van der Waals surface area contributed by atoms with Gasteiger partial charge in [-0.15, -0.1) is 0 Å². The van der Waals surface area contributed by atoms with Gasteiger partial charge in [-0.25, -0.2) is 0 Å². The fourth-order valence-corrected chi connectivity index (χ4v) is 9.22. The van der Waals surface area contributed by atoms with E-state index in [1.807, 2.05) is 0 Å². The molecule has 0 unspecified atom stereocenters. The Hall–Kier alpha value is -7.42. The van der Waals surface area contributed by atoms with Gasteiger partial charge in [-0.1, -0.05) is 165 Å². The van der Waals surface area contributed by atoms with Crippen LogP contribution in [-0.2, 0) is 6.42 Å². The first-order valence-electron chi connectivity index (χ1n) is 21.2. The molecule has 2 aromatic heterocycles. The zero-order valence-electron chi connectivity index (χ0n) is 33.7. The highest BCUT2D eigenvalue weighted by atomic mass is 15.0. The molecular weight excluding hydrogens is 725 g/mol. The van der Waals surface area contributed by atoms with E-state index in [4.69, 9.17) is 0 Å². The maximum absolute atomic E-state index is 2.43. The zero-order valence-corrected chi connectivity index (χ0v) is 33.7. The minimum atomic E-state index is 1.14. The molecule has 9 aromatic carbocycles. The van der Waals surface area contributed by atoms with Gasteiger partial charge in [-0.2, -0.15) is 0 Å². The lowest BCUT2D eigenvalue weighted by molar-refractivity contribution is 0.795. The molecule has 2 nitrogen and oxygen atoms in total. The van der Waals surface area contributed by atoms with Gasteiger partial charge in [0.2, 0.25) is 0 Å². The largest absolute Gasteiger partial charge is 0.309 e. The van der Waals surface area contributed by atoms with Gasteiger partial charge in [0.1, 0.15) is 0 Å². The van der Waals surface area contributed by atoms with Crippen LogP contribution in [0.25, 0.3) is 99.5 Å². The molecule has 0 aliphatic carbocycles. The molecule has 0 bridgehead atoms. The first kappa shape index (κ1) is 35.7. The highest BCUT2D eigenvalue weighted by Gasteiger charge is 2.17. The highest BCUT2D eigenvalue weighted by molar-refractivity contribution is 6.12. The van der Waals surface area contributed by atoms with E-state index in [0.29, 0.717) is 0 Å². The standard InChI is InChI=1S/C58H44N2/c1-2-3-12-40-21-23-45(24-22-40)46-15-11-16-50(37-46)60-56-20-10-8-18-52(56)54-39-48(32-36-58(54)60)47-31-35-57-53(38-47)51-17-7-9-19-55(51)59(57)49-33-29-44(30-34-49)43-27-25-42(26-28-43)41-13-5-4-6-14-41/h4-11,13-39H,2-3,12H2,1H3. The molecule has 60 heavy (non-hydrogen) atoms. The average Bonchev–Trinajstić information content (AvgIpc) is 3.84. The van der Waals surface area contributed by atoms with Crippen LogP contribution in [0.2, 0.25) is 0 Å². The molecule has 11 aromatic rings. The normalized spacial score (nSPS) is 11.6. The fourth-order valence-electron chi connectivity index (χ4n) is 9.22. The Balaban J connectivity index is 0.950. The summed E-state index contributed by atoms with van der Waals surface area (Å²) in [6.07, 6.45) is 3.58. The van der Waals surface area contributed by atoms with Gasteiger partial charge in [-0.3, -0.25) is 0 Å². The second kappa shape index (κ2) is 15.1. The lowest BCUT2D eigenvalue weighted by Crippen LogP contribution is -1.94. The maximum atomic E-state index is 2.43. The monoisotopic (exact) mass is 768 g/mol. The predicted molar refractivity (Wildman–Crippen MR) is 255 cm³/mol. The van der Waals surface area contributed by atoms with Crippen LogP contribution in [0.3, 0.4) is 0 Å². The van der Waals surface area contributed by atoms with Gasteiger partial charge in [0.25, 0.3) is 0 Å². The molecule has 0 aliphatic rings. The molecule has 0 radical (unpaired) electrons. The molecule has 2 heterocycles. The minimum absolute atomic E-state index is 1.14. The summed E-state index contributed by atoms with van der Waals surface area (Å²) in [5, 5.41) is 5.02. The molecule has 0 saturated heterocycles. The van der Waals surface area contributed by atoms with E-state index in [2.05, 4.69) is 228 Å². The summed E-state index contributed by atoms with van der Waals surface area (Å²) in [6.45, 7) is 2.25. The lowest BCUT2D eigenvalue weighted by Gasteiger charge is -2.11. The highest BCUT2D eigenvalue weighted by Crippen LogP contribution is 2.39. The number of para-hydroxylation sites is 2. The summed E-state index contributed by atoms with van der Waals surface area (Å²) in [4.78, 5) is 0. The summed E-state index contributed by atoms with van der Waals surface area (Å²) in [5.74, 6) is 0. The summed E-state index contributed by atoms with van der Waals surface area (Å²) in [5.41, 5.74) is 18.4. The molecular formula is C58H44N2. The van der Waals surface area contributed by atoms with E-state index in [0.717, 1.165) is 12.1 Å². The van der Waals surface area contributed by atoms with E-state index in [-0.39, 0.29) is 0 Å². The molecule has 0 atom stereocenters. The number of unbranched alkanes of at least 4 members (excludes halogenated alkanes) is 1. The molecule has 0 saturated carbocycles. The summed E-state index contributed by atoms with van der Waals surface area (Å²) in [7, 11) is 0. The second-order valence-corrected chi connectivity index (χ2v) is 16.0. The zero-order chi connectivity index (χ0) is 40.0. The van der Waals surface area contributed by atoms with E-state index in [9.17, 15) is 0 Å². The van der Waals surface area contributed by atoms with Crippen molar-refractivity contribution >= 4 is 43.6 Å². The Morgan fingerprint density at radius 3 is 1.30 bits per heavy atom. The number of hydrogen-bond donors (Lipinski definition) is 0. The van der Waals surface area contributed by atoms with Crippen molar-refractivity contribution in [2.75, 3.05) is 0 Å². The topological polar surface area (TPSA) is 9.86 Å². The van der Waals surface area contributed by atoms with Crippen molar-refractivity contribution < 1.29 is 0 Å². The third-order valence-corrected chi connectivity index (χ3v) is 12.3. The Kier molecular flexibility index (Phi) is 8.97. The van der Waals surface area contributed by atoms with Gasteiger partial charge >= 0.3 is 0 Å². The van der Waals surface area contributed by atoms with Crippen molar-refractivity contribution in [1.82, 2.24) is 9.13 Å². The van der Waals surface area contributed by atoms with Crippen molar-refractivity contribution in [3.8, 4) is 55.9 Å². The van der Waals surface area contributed by atoms with Crippen LogP contribution in [0.5, 0.6) is 0 Å². The Bertz CT molecular complexity index is 3310. The van der Waals surface area contributed by atoms with Crippen molar-refractivity contribution in [1.29, 1.82) is 0 Å². The van der Waals surface area contributed by atoms with Crippen molar-refractivity contribution in [3.05, 3.63) is 218 Å². The Morgan fingerprint density at radius 2 is 0.717 bits per heavy atom. The van der Waals surface area contributed by atoms with Gasteiger partial charge < -0.3 is 9.13 Å². The van der Waals surface area contributed by atoms with E-state index < -0.39 is 0 Å². The SMILES string of the molecule is CCCCc1ccc(-c2cccc(-n3c4ccccc4c4cc(-c5ccc6c(c5)c5ccccc5n6-c5ccc(-c6ccc(-c7ccccc7)cc6)cc5)ccc43)c2)cc1. The van der Waals surface area contributed by atoms with E-state index >= 15 is 0 Å². The minimum Gasteiger partial charge on any atom is -0.309 e. The Morgan fingerprint density at radius 1 is 0.300 bits per heavy atom. The van der Waals surface area contributed by atoms with Crippen LogP contribution < -0.4 is 0 Å². The molecule has 0 aliphatic heterocycles. The summed E-state index contributed by atoms with van der Waals surface area (Å²) < 4.78 is 4.83. The summed E-state index contributed by atoms with van der Waals surface area (Å²) in [6, 6.07) is 78.1. The molecule has 286 valence electrons. The van der Waals surface area contributed by atoms with Gasteiger partial charge in [-0.05, 0) is 124 Å². The van der Waals surface area contributed by atoms with Crippen molar-refractivity contribution in [2.24, 2.45) is 0 Å². The van der Waals surface area contributed by atoms with Crippen LogP contribution in [0.1, 0.15) is 25.3 Å². The average molecular weight is 769 g/mol. The molecule has 2 heteroatoms. The van der Waals surface area contributed by atoms with Crippen LogP contribution in [0.15, 0.2) is 212 Å². The van der Waals surface area contributed by atoms with Gasteiger partial charge in [0, 0.05) is 32.9 Å². The number of rotatable bonds is 9. The first-order valence-corrected chi connectivity index (χ1v) is 21.2. The molecule has 11 rings (SSSR count). The van der Waals surface area contributed by atoms with E-state index in [1.54, 1.807) is 0 Å². The van der Waals surface area contributed by atoms with Crippen LogP contribution in [-0.4, -0.2) is 9.13 Å². The lowest BCUT2D eigenvalue weighted by atomic mass is 10.00. The quantitative estimate of drug-likeness (QED) is 0.138. The van der Waals surface area contributed by atoms with Crippen LogP contribution in [0.4, 0.5) is 0 Å². The number of hydrogen-bond acceptors (Lipinski definition) is 0. The predicted octanol–water partition coefficient (Wildman–Crippen LogP) is 15.9. The number of aryl methyl sites for hydroxylation is 1. The number of nitrogens with zero attached hydrogens (tertiary/aromatic N) is 2. The fraction of sp³-hybridized carbons (Fsp3) is 0.0690. The smallest absolute Gasteiger partial charge is 0.0541 e. The third kappa shape index (κ3) is 6.29. The van der Waals surface area contributed by atoms with Crippen molar-refractivity contribution in [3.63, 3.8) is 0 Å². The van der Waals surface area contributed by atoms with Crippen LogP contribution in [0, 0.1) is 0 Å². The maximum Gasteiger partial charge on any atom is 0.0541 e. The van der Waals surface area contributed by atoms with E-state index in [1.165, 1.54) is 112 Å². The summed E-state index contributed by atoms with van der Waals surface area (Å²) >= 11 is 0. The Labute approximate surface area is 351 Å². The molecule has 0 fully saturated rings. The molecule has 0 amide bonds. The first-order chi connectivity index (χ1) is 29.7. The number of fused-ring (bicyclic) bond motifs is 6. The van der Waals surface area contributed by atoms with Crippen molar-refractivity contribution in [2.45, 2.75) is 26.2 Å². The third-order valence-electron chi connectivity index (χ3n) is 12.3.